The molecule has 0 aliphatic heterocycles. The second kappa shape index (κ2) is 17.1. The Morgan fingerprint density at radius 3 is 1.24 bits per heavy atom. The van der Waals surface area contributed by atoms with Gasteiger partial charge in [-0.15, -0.1) is 0 Å². The summed E-state index contributed by atoms with van der Waals surface area (Å²) < 4.78 is 0. The third kappa shape index (κ3) is 7.61. The Balaban J connectivity index is 1.07. The summed E-state index contributed by atoms with van der Waals surface area (Å²) in [6.45, 7) is 4.43. The number of nitrogens with zero attached hydrogens (tertiary/aromatic N) is 3. The van der Waals surface area contributed by atoms with Gasteiger partial charge in [0.15, 0.2) is 17.5 Å². The van der Waals surface area contributed by atoms with Gasteiger partial charge in [0.1, 0.15) is 0 Å². The summed E-state index contributed by atoms with van der Waals surface area (Å²) in [5, 5.41) is 0. The minimum Gasteiger partial charge on any atom is -0.208 e. The standard InChI is InChI=1S/C59H45N3/c1-40-20-9-10-27-47(40)48-37-36-46(38-41(48)2)59-61-57(43-23-7-4-8-24-43)60-58(62-59)45-26-19-25-44(39-45)50-29-12-14-31-52(50)54-33-16-18-35-56(54)55-34-17-15-32-53(55)51-30-13-11-28-49(51)42-21-5-3-6-22-42/h3-8,10-19,21-39H,9,20H2,1-2H3. The van der Waals surface area contributed by atoms with E-state index in [2.05, 4.69) is 208 Å². The quantitative estimate of drug-likeness (QED) is 0.146. The molecule has 9 aromatic rings. The molecular formula is C59H45N3. The summed E-state index contributed by atoms with van der Waals surface area (Å²) in [5.41, 5.74) is 19.8. The summed E-state index contributed by atoms with van der Waals surface area (Å²) in [6.07, 6.45) is 6.74. The van der Waals surface area contributed by atoms with Crippen molar-refractivity contribution in [1.82, 2.24) is 15.0 Å². The number of allylic oxidation sites excluding steroid dienone is 4. The van der Waals surface area contributed by atoms with Crippen LogP contribution in [0.15, 0.2) is 218 Å². The van der Waals surface area contributed by atoms with Crippen LogP contribution in [0.1, 0.15) is 30.9 Å². The SMILES string of the molecule is CC1=C(c2ccc(-c3nc(-c4ccccc4)nc(-c4cccc(-c5ccccc5-c5ccccc5-c5ccccc5-c5ccccc5-c5ccccc5)c4)n3)cc2C)C=CCC1. The van der Waals surface area contributed by atoms with Crippen molar-refractivity contribution in [3.05, 3.63) is 229 Å². The Labute approximate surface area is 364 Å². The maximum atomic E-state index is 5.19. The van der Waals surface area contributed by atoms with Crippen LogP contribution in [0.2, 0.25) is 0 Å². The van der Waals surface area contributed by atoms with Crippen molar-refractivity contribution in [3.63, 3.8) is 0 Å². The lowest BCUT2D eigenvalue weighted by Crippen LogP contribution is -2.01. The number of aryl methyl sites for hydroxylation is 1. The van der Waals surface area contributed by atoms with E-state index in [0.717, 1.165) is 46.2 Å². The third-order valence-electron chi connectivity index (χ3n) is 12.0. The number of hydrogen-bond donors (Lipinski definition) is 0. The number of aromatic nitrogens is 3. The molecule has 1 aliphatic rings. The minimum absolute atomic E-state index is 0.634. The molecule has 1 aliphatic carbocycles. The van der Waals surface area contributed by atoms with E-state index >= 15 is 0 Å². The van der Waals surface area contributed by atoms with Crippen LogP contribution >= 0.6 is 0 Å². The van der Waals surface area contributed by atoms with Crippen LogP contribution in [0.25, 0.3) is 95.4 Å². The number of hydrogen-bond acceptors (Lipinski definition) is 3. The normalized spacial score (nSPS) is 12.4. The molecule has 3 nitrogen and oxygen atoms in total. The monoisotopic (exact) mass is 795 g/mol. The van der Waals surface area contributed by atoms with Gasteiger partial charge in [0.05, 0.1) is 0 Å². The number of rotatable bonds is 9. The van der Waals surface area contributed by atoms with Crippen LogP contribution in [0.3, 0.4) is 0 Å². The van der Waals surface area contributed by atoms with E-state index in [4.69, 9.17) is 15.0 Å². The van der Waals surface area contributed by atoms with Crippen molar-refractivity contribution in [2.24, 2.45) is 0 Å². The highest BCUT2D eigenvalue weighted by Gasteiger charge is 2.19. The van der Waals surface area contributed by atoms with Gasteiger partial charge in [-0.25, -0.2) is 15.0 Å². The Bertz CT molecular complexity index is 3140. The van der Waals surface area contributed by atoms with Gasteiger partial charge in [0.2, 0.25) is 0 Å². The highest BCUT2D eigenvalue weighted by atomic mass is 15.0. The van der Waals surface area contributed by atoms with Crippen molar-refractivity contribution in [1.29, 1.82) is 0 Å². The van der Waals surface area contributed by atoms with E-state index in [1.54, 1.807) is 0 Å². The average Bonchev–Trinajstić information content (AvgIpc) is 3.35. The molecular weight excluding hydrogens is 751 g/mol. The summed E-state index contributed by atoms with van der Waals surface area (Å²) in [4.78, 5) is 15.4. The number of benzene rings is 8. The molecule has 0 unspecified atom stereocenters. The van der Waals surface area contributed by atoms with Crippen LogP contribution in [0.4, 0.5) is 0 Å². The molecule has 0 saturated heterocycles. The fraction of sp³-hybridized carbons (Fsp3) is 0.0678. The Hall–Kier alpha value is -7.75. The van der Waals surface area contributed by atoms with Crippen LogP contribution in [-0.2, 0) is 0 Å². The van der Waals surface area contributed by atoms with Crippen LogP contribution < -0.4 is 0 Å². The molecule has 10 rings (SSSR count). The molecule has 0 fully saturated rings. The molecule has 0 spiro atoms. The highest BCUT2D eigenvalue weighted by molar-refractivity contribution is 5.98. The van der Waals surface area contributed by atoms with Gasteiger partial charge < -0.3 is 0 Å². The molecule has 1 heterocycles. The Morgan fingerprint density at radius 2 is 0.726 bits per heavy atom. The molecule has 0 radical (unpaired) electrons. The van der Waals surface area contributed by atoms with E-state index in [0.29, 0.717) is 17.5 Å². The smallest absolute Gasteiger partial charge is 0.164 e. The maximum Gasteiger partial charge on any atom is 0.164 e. The van der Waals surface area contributed by atoms with Crippen LogP contribution in [-0.4, -0.2) is 15.0 Å². The second-order valence-electron chi connectivity index (χ2n) is 16.0. The van der Waals surface area contributed by atoms with E-state index in [1.165, 1.54) is 61.2 Å². The summed E-state index contributed by atoms with van der Waals surface area (Å²) >= 11 is 0. The van der Waals surface area contributed by atoms with Gasteiger partial charge >= 0.3 is 0 Å². The first-order valence-electron chi connectivity index (χ1n) is 21.4. The molecule has 0 bridgehead atoms. The third-order valence-corrected chi connectivity index (χ3v) is 12.0. The zero-order valence-electron chi connectivity index (χ0n) is 35.0. The molecule has 0 N–H and O–H groups in total. The van der Waals surface area contributed by atoms with Gasteiger partial charge in [-0.3, -0.25) is 0 Å². The zero-order valence-corrected chi connectivity index (χ0v) is 35.0. The Kier molecular flexibility index (Phi) is 10.6. The van der Waals surface area contributed by atoms with Gasteiger partial charge in [-0.1, -0.05) is 206 Å². The molecule has 1 aromatic heterocycles. The topological polar surface area (TPSA) is 38.7 Å². The lowest BCUT2D eigenvalue weighted by Gasteiger charge is -2.19. The second-order valence-corrected chi connectivity index (χ2v) is 16.0. The van der Waals surface area contributed by atoms with Crippen molar-refractivity contribution in [3.8, 4) is 89.8 Å². The van der Waals surface area contributed by atoms with E-state index in [9.17, 15) is 0 Å². The molecule has 3 heteroatoms. The molecule has 62 heavy (non-hydrogen) atoms. The van der Waals surface area contributed by atoms with Crippen molar-refractivity contribution in [2.75, 3.05) is 0 Å². The Morgan fingerprint density at radius 1 is 0.323 bits per heavy atom. The highest BCUT2D eigenvalue weighted by Crippen LogP contribution is 2.44. The fourth-order valence-electron chi connectivity index (χ4n) is 8.84. The first-order valence-corrected chi connectivity index (χ1v) is 21.4. The molecule has 8 aromatic carbocycles. The van der Waals surface area contributed by atoms with E-state index in [1.807, 2.05) is 18.2 Å². The van der Waals surface area contributed by atoms with E-state index in [-0.39, 0.29) is 0 Å². The van der Waals surface area contributed by atoms with Crippen molar-refractivity contribution >= 4 is 5.57 Å². The first-order chi connectivity index (χ1) is 30.6. The van der Waals surface area contributed by atoms with Crippen LogP contribution in [0.5, 0.6) is 0 Å². The van der Waals surface area contributed by atoms with Crippen LogP contribution in [0, 0.1) is 6.92 Å². The van der Waals surface area contributed by atoms with Crippen molar-refractivity contribution < 1.29 is 0 Å². The maximum absolute atomic E-state index is 5.19. The van der Waals surface area contributed by atoms with Gasteiger partial charge in [-0.2, -0.15) is 0 Å². The van der Waals surface area contributed by atoms with Gasteiger partial charge in [0.25, 0.3) is 0 Å². The predicted molar refractivity (Wildman–Crippen MR) is 259 cm³/mol. The van der Waals surface area contributed by atoms with Crippen molar-refractivity contribution in [2.45, 2.75) is 26.7 Å². The molecule has 0 amide bonds. The first kappa shape index (κ1) is 38.5. The lowest BCUT2D eigenvalue weighted by molar-refractivity contribution is 0.967. The fourth-order valence-corrected chi connectivity index (χ4v) is 8.84. The zero-order chi connectivity index (χ0) is 41.8. The van der Waals surface area contributed by atoms with Gasteiger partial charge in [0, 0.05) is 16.7 Å². The average molecular weight is 796 g/mol. The predicted octanol–water partition coefficient (Wildman–Crippen LogP) is 15.6. The summed E-state index contributed by atoms with van der Waals surface area (Å²) in [6, 6.07) is 71.1. The van der Waals surface area contributed by atoms with E-state index < -0.39 is 0 Å². The minimum atomic E-state index is 0.634. The largest absolute Gasteiger partial charge is 0.208 e. The summed E-state index contributed by atoms with van der Waals surface area (Å²) in [5.74, 6) is 1.93. The lowest BCUT2D eigenvalue weighted by atomic mass is 9.85. The van der Waals surface area contributed by atoms with Gasteiger partial charge in [-0.05, 0) is 111 Å². The molecule has 296 valence electrons. The summed E-state index contributed by atoms with van der Waals surface area (Å²) in [7, 11) is 0. The molecule has 0 atom stereocenters. The molecule has 0 saturated carbocycles.